The van der Waals surface area contributed by atoms with Crippen LogP contribution in [0.2, 0.25) is 0 Å². The maximum Gasteiger partial charge on any atom is 0.414 e. The third-order valence-electron chi connectivity index (χ3n) is 5.12. The first-order valence-electron chi connectivity index (χ1n) is 10.4. The first-order valence-corrected chi connectivity index (χ1v) is 12.1. The minimum absolute atomic E-state index is 0.0699. The Morgan fingerprint density at radius 3 is 2.56 bits per heavy atom. The molecule has 0 radical (unpaired) electrons. The Hall–Kier alpha value is -2.40. The number of likely N-dealkylation sites (tertiary alicyclic amines) is 1. The van der Waals surface area contributed by atoms with Gasteiger partial charge in [0.2, 0.25) is 9.84 Å². The van der Waals surface area contributed by atoms with Crippen LogP contribution >= 0.6 is 0 Å². The van der Waals surface area contributed by atoms with Gasteiger partial charge < -0.3 is 19.1 Å². The largest absolute Gasteiger partial charge is 0.444 e. The lowest BCUT2D eigenvalue weighted by Gasteiger charge is -2.33. The molecule has 2 heterocycles. The molecule has 0 N–H and O–H groups in total. The van der Waals surface area contributed by atoms with Crippen molar-refractivity contribution in [2.45, 2.75) is 56.3 Å². The molecule has 0 aromatic heterocycles. The van der Waals surface area contributed by atoms with Crippen LogP contribution in [0.3, 0.4) is 0 Å². The van der Waals surface area contributed by atoms with Gasteiger partial charge in [0.25, 0.3) is 0 Å². The topological polar surface area (TPSA) is 102 Å². The van der Waals surface area contributed by atoms with Crippen LogP contribution in [0.25, 0.3) is 0 Å². The zero-order chi connectivity index (χ0) is 23.5. The van der Waals surface area contributed by atoms with Crippen LogP contribution in [0.15, 0.2) is 29.2 Å². The highest BCUT2D eigenvalue weighted by molar-refractivity contribution is 7.91. The first-order chi connectivity index (χ1) is 15.0. The lowest BCUT2D eigenvalue weighted by molar-refractivity contribution is -0.0335. The highest BCUT2D eigenvalue weighted by Gasteiger charge is 2.34. The van der Waals surface area contributed by atoms with Gasteiger partial charge >= 0.3 is 12.2 Å². The fourth-order valence-electron chi connectivity index (χ4n) is 3.50. The molecule has 178 valence electrons. The van der Waals surface area contributed by atoms with Crippen molar-refractivity contribution in [1.29, 1.82) is 0 Å². The van der Waals surface area contributed by atoms with E-state index in [1.165, 1.54) is 23.1 Å². The number of sulfone groups is 1. The summed E-state index contributed by atoms with van der Waals surface area (Å²) in [5.41, 5.74) is -0.226. The van der Waals surface area contributed by atoms with E-state index in [0.717, 1.165) is 0 Å². The molecule has 1 aromatic carbocycles. The molecule has 11 heteroatoms. The van der Waals surface area contributed by atoms with Gasteiger partial charge in [0.1, 0.15) is 11.7 Å². The van der Waals surface area contributed by atoms with E-state index in [9.17, 15) is 22.4 Å². The van der Waals surface area contributed by atoms with E-state index in [1.54, 1.807) is 11.0 Å². The summed E-state index contributed by atoms with van der Waals surface area (Å²) in [4.78, 5) is 27.2. The van der Waals surface area contributed by atoms with Gasteiger partial charge in [-0.2, -0.15) is 0 Å². The summed E-state index contributed by atoms with van der Waals surface area (Å²) in [6.45, 7) is 6.88. The lowest BCUT2D eigenvalue weighted by atomic mass is 10.1. The molecule has 2 fully saturated rings. The average Bonchev–Trinajstić information content (AvgIpc) is 3.12. The molecule has 1 aromatic rings. The van der Waals surface area contributed by atoms with Crippen molar-refractivity contribution >= 4 is 27.7 Å². The third-order valence-corrected chi connectivity index (χ3v) is 6.38. The van der Waals surface area contributed by atoms with Crippen LogP contribution in [0.4, 0.5) is 19.7 Å². The molecule has 1 atom stereocenters. The molecule has 0 saturated carbocycles. The number of halogens is 1. The van der Waals surface area contributed by atoms with Crippen molar-refractivity contribution in [1.82, 2.24) is 4.90 Å². The molecule has 2 saturated heterocycles. The Labute approximate surface area is 187 Å². The van der Waals surface area contributed by atoms with Crippen LogP contribution in [0.5, 0.6) is 0 Å². The minimum atomic E-state index is -4.03. The summed E-state index contributed by atoms with van der Waals surface area (Å²) < 4.78 is 52.9. The summed E-state index contributed by atoms with van der Waals surface area (Å²) in [6, 6.07) is 4.04. The standard InChI is InChI=1S/C21H29FN2O7S/c1-21(2,3)31-19(25)23-9-7-16(8-10-23)29-13-17-12-24(20(26)30-17)15-5-4-6-18(11-15)32(27,28)14-22/h4-6,11,16-17H,7-10,12-14H2,1-3H3. The first kappa shape index (κ1) is 24.2. The third kappa shape index (κ3) is 6.10. The summed E-state index contributed by atoms with van der Waals surface area (Å²) in [6.07, 6.45) is -0.256. The number of nitrogens with zero attached hydrogens (tertiary/aromatic N) is 2. The van der Waals surface area contributed by atoms with Gasteiger partial charge in [-0.15, -0.1) is 0 Å². The number of anilines is 1. The van der Waals surface area contributed by atoms with Gasteiger partial charge in [-0.1, -0.05) is 6.07 Å². The number of cyclic esters (lactones) is 1. The Morgan fingerprint density at radius 1 is 1.25 bits per heavy atom. The number of alkyl halides is 1. The number of piperidine rings is 1. The summed E-state index contributed by atoms with van der Waals surface area (Å²) in [5, 5.41) is 0. The molecule has 0 aliphatic carbocycles. The summed E-state index contributed by atoms with van der Waals surface area (Å²) in [5.74, 6) is 0. The molecule has 0 spiro atoms. The predicted octanol–water partition coefficient (Wildman–Crippen LogP) is 3.13. The molecule has 0 bridgehead atoms. The quantitative estimate of drug-likeness (QED) is 0.627. The summed E-state index contributed by atoms with van der Waals surface area (Å²) >= 11 is 0. The van der Waals surface area contributed by atoms with E-state index in [0.29, 0.717) is 31.6 Å². The van der Waals surface area contributed by atoms with E-state index in [4.69, 9.17) is 14.2 Å². The number of ether oxygens (including phenoxy) is 3. The normalized spacial score (nSPS) is 20.4. The second-order valence-corrected chi connectivity index (χ2v) is 10.8. The van der Waals surface area contributed by atoms with Gasteiger partial charge in [-0.05, 0) is 51.8 Å². The number of rotatable bonds is 6. The molecular weight excluding hydrogens is 443 g/mol. The highest BCUT2D eigenvalue weighted by Crippen LogP contribution is 2.26. The Bertz CT molecular complexity index is 940. The molecule has 1 unspecified atom stereocenters. The van der Waals surface area contributed by atoms with Gasteiger partial charge in [0.15, 0.2) is 6.01 Å². The molecule has 2 amide bonds. The average molecular weight is 473 g/mol. The predicted molar refractivity (Wildman–Crippen MR) is 114 cm³/mol. The summed E-state index contributed by atoms with van der Waals surface area (Å²) in [7, 11) is -4.03. The Balaban J connectivity index is 1.49. The van der Waals surface area contributed by atoms with Gasteiger partial charge in [-0.3, -0.25) is 4.90 Å². The van der Waals surface area contributed by atoms with Crippen LogP contribution in [-0.2, 0) is 24.0 Å². The van der Waals surface area contributed by atoms with Crippen LogP contribution < -0.4 is 4.90 Å². The highest BCUT2D eigenvalue weighted by atomic mass is 32.2. The number of carbonyl (C=O) groups excluding carboxylic acids is 2. The van der Waals surface area contributed by atoms with E-state index < -0.39 is 33.6 Å². The van der Waals surface area contributed by atoms with Crippen molar-refractivity contribution in [2.75, 3.05) is 37.1 Å². The minimum Gasteiger partial charge on any atom is -0.444 e. The number of benzene rings is 1. The second-order valence-electron chi connectivity index (χ2n) is 8.84. The van der Waals surface area contributed by atoms with E-state index >= 15 is 0 Å². The second kappa shape index (κ2) is 9.62. The fraction of sp³-hybridized carbons (Fsp3) is 0.619. The van der Waals surface area contributed by atoms with Crippen LogP contribution in [-0.4, -0.2) is 75.6 Å². The van der Waals surface area contributed by atoms with Gasteiger partial charge in [0, 0.05) is 18.8 Å². The smallest absolute Gasteiger partial charge is 0.414 e. The Morgan fingerprint density at radius 2 is 1.94 bits per heavy atom. The van der Waals surface area contributed by atoms with Gasteiger partial charge in [0.05, 0.1) is 24.2 Å². The number of hydrogen-bond acceptors (Lipinski definition) is 7. The van der Waals surface area contributed by atoms with Crippen molar-refractivity contribution in [3.63, 3.8) is 0 Å². The SMILES string of the molecule is CC(C)(C)OC(=O)N1CCC(OCC2CN(c3cccc(S(=O)(=O)CF)c3)C(=O)O2)CC1. The van der Waals surface area contributed by atoms with Crippen LogP contribution in [0, 0.1) is 0 Å². The van der Waals surface area contributed by atoms with Crippen molar-refractivity contribution in [2.24, 2.45) is 0 Å². The number of carbonyl (C=O) groups is 2. The molecular formula is C21H29FN2O7S. The maximum absolute atomic E-state index is 12.8. The number of amides is 2. The molecule has 3 rings (SSSR count). The van der Waals surface area contributed by atoms with Gasteiger partial charge in [-0.25, -0.2) is 22.4 Å². The van der Waals surface area contributed by atoms with Crippen molar-refractivity contribution in [3.8, 4) is 0 Å². The monoisotopic (exact) mass is 472 g/mol. The molecule has 32 heavy (non-hydrogen) atoms. The zero-order valence-electron chi connectivity index (χ0n) is 18.5. The van der Waals surface area contributed by atoms with E-state index in [-0.39, 0.29) is 30.2 Å². The van der Waals surface area contributed by atoms with E-state index in [1.807, 2.05) is 20.8 Å². The van der Waals surface area contributed by atoms with Crippen molar-refractivity contribution in [3.05, 3.63) is 24.3 Å². The lowest BCUT2D eigenvalue weighted by Crippen LogP contribution is -2.43. The zero-order valence-corrected chi connectivity index (χ0v) is 19.3. The molecule has 2 aliphatic rings. The molecule has 9 nitrogen and oxygen atoms in total. The molecule has 2 aliphatic heterocycles. The van der Waals surface area contributed by atoms with E-state index in [2.05, 4.69) is 0 Å². The fourth-order valence-corrected chi connectivity index (χ4v) is 4.21. The maximum atomic E-state index is 12.8. The Kier molecular flexibility index (Phi) is 7.29. The van der Waals surface area contributed by atoms with Crippen LogP contribution in [0.1, 0.15) is 33.6 Å². The van der Waals surface area contributed by atoms with Crippen molar-refractivity contribution < 1.29 is 36.6 Å². The number of hydrogen-bond donors (Lipinski definition) is 0.